The molecule has 4 nitrogen and oxygen atoms in total. The van der Waals surface area contributed by atoms with Gasteiger partial charge in [0, 0.05) is 18.6 Å². The second-order valence-electron chi connectivity index (χ2n) is 5.52. The van der Waals surface area contributed by atoms with Crippen LogP contribution < -0.4 is 10.6 Å². The van der Waals surface area contributed by atoms with E-state index in [9.17, 15) is 5.11 Å². The van der Waals surface area contributed by atoms with Crippen LogP contribution in [0.5, 0.6) is 0 Å². The predicted octanol–water partition coefficient (Wildman–Crippen LogP) is 0.906. The van der Waals surface area contributed by atoms with Gasteiger partial charge in [0.25, 0.3) is 0 Å². The highest BCUT2D eigenvalue weighted by molar-refractivity contribution is 5.13. The first-order chi connectivity index (χ1) is 9.18. The number of β-amino-alcohol motifs (C(OH)–C–C–N with tert-alkyl or cyclic N) is 1. The molecule has 0 radical (unpaired) electrons. The van der Waals surface area contributed by atoms with Crippen LogP contribution in [0.3, 0.4) is 0 Å². The van der Waals surface area contributed by atoms with Gasteiger partial charge in [-0.15, -0.1) is 0 Å². The number of hydrogen-bond donors (Lipinski definition) is 3. The highest BCUT2D eigenvalue weighted by Gasteiger charge is 2.28. The monoisotopic (exact) mass is 264 g/mol. The Hall–Kier alpha value is -0.940. The number of nitrogens with one attached hydrogen (secondary N) is 2. The third-order valence-electron chi connectivity index (χ3n) is 3.55. The smallest absolute Gasteiger partial charge is 0.0898 e. The van der Waals surface area contributed by atoms with Gasteiger partial charge in [0.15, 0.2) is 0 Å². The maximum Gasteiger partial charge on any atom is 0.0898 e. The molecule has 106 valence electrons. The van der Waals surface area contributed by atoms with Crippen molar-refractivity contribution in [3.8, 4) is 0 Å². The molecule has 1 saturated heterocycles. The standard InChI is InChI=1S/C15H24N2O2/c1-15(7-8-16-12-15)17-9-14(18)11-19-10-13-5-3-2-4-6-13/h2-6,14,16-18H,7-12H2,1H3. The van der Waals surface area contributed by atoms with Crippen molar-refractivity contribution in [1.82, 2.24) is 10.6 Å². The Labute approximate surface area is 115 Å². The van der Waals surface area contributed by atoms with E-state index in [1.807, 2.05) is 30.3 Å². The fraction of sp³-hybridized carbons (Fsp3) is 0.600. The minimum atomic E-state index is -0.457. The van der Waals surface area contributed by atoms with Gasteiger partial charge in [0.05, 0.1) is 19.3 Å². The Kier molecular flexibility index (Phi) is 5.34. The maximum atomic E-state index is 9.89. The van der Waals surface area contributed by atoms with Crippen molar-refractivity contribution in [2.75, 3.05) is 26.2 Å². The van der Waals surface area contributed by atoms with Crippen molar-refractivity contribution in [3.05, 3.63) is 35.9 Å². The van der Waals surface area contributed by atoms with Crippen LogP contribution in [0.25, 0.3) is 0 Å². The van der Waals surface area contributed by atoms with Crippen LogP contribution in [0, 0.1) is 0 Å². The first-order valence-corrected chi connectivity index (χ1v) is 6.93. The lowest BCUT2D eigenvalue weighted by molar-refractivity contribution is 0.0257. The molecule has 19 heavy (non-hydrogen) atoms. The fourth-order valence-electron chi connectivity index (χ4n) is 2.28. The third kappa shape index (κ3) is 4.91. The Balaban J connectivity index is 1.61. The first-order valence-electron chi connectivity index (χ1n) is 6.93. The number of ether oxygens (including phenoxy) is 1. The molecule has 0 spiro atoms. The molecule has 2 rings (SSSR count). The summed E-state index contributed by atoms with van der Waals surface area (Å²) < 4.78 is 5.52. The van der Waals surface area contributed by atoms with E-state index in [1.165, 1.54) is 0 Å². The lowest BCUT2D eigenvalue weighted by atomic mass is 10.0. The molecule has 1 aliphatic heterocycles. The normalized spacial score (nSPS) is 24.5. The van der Waals surface area contributed by atoms with Gasteiger partial charge in [-0.25, -0.2) is 0 Å². The zero-order chi connectivity index (χ0) is 13.6. The second kappa shape index (κ2) is 7.01. The van der Waals surface area contributed by atoms with Gasteiger partial charge in [-0.05, 0) is 25.5 Å². The number of benzene rings is 1. The number of rotatable bonds is 7. The minimum absolute atomic E-state index is 0.112. The third-order valence-corrected chi connectivity index (χ3v) is 3.55. The van der Waals surface area contributed by atoms with Gasteiger partial charge >= 0.3 is 0 Å². The Morgan fingerprint density at radius 1 is 1.42 bits per heavy atom. The van der Waals surface area contributed by atoms with Crippen molar-refractivity contribution >= 4 is 0 Å². The van der Waals surface area contributed by atoms with Crippen LogP contribution in [-0.2, 0) is 11.3 Å². The second-order valence-corrected chi connectivity index (χ2v) is 5.52. The van der Waals surface area contributed by atoms with E-state index >= 15 is 0 Å². The summed E-state index contributed by atoms with van der Waals surface area (Å²) in [7, 11) is 0. The van der Waals surface area contributed by atoms with Gasteiger partial charge in [0.2, 0.25) is 0 Å². The molecule has 3 N–H and O–H groups in total. The minimum Gasteiger partial charge on any atom is -0.389 e. The molecule has 1 aliphatic rings. The average Bonchev–Trinajstić information content (AvgIpc) is 2.85. The van der Waals surface area contributed by atoms with Crippen LogP contribution in [0.1, 0.15) is 18.9 Å². The van der Waals surface area contributed by atoms with Crippen molar-refractivity contribution in [2.24, 2.45) is 0 Å². The molecule has 0 amide bonds. The average molecular weight is 264 g/mol. The van der Waals surface area contributed by atoms with E-state index in [2.05, 4.69) is 17.6 Å². The van der Waals surface area contributed by atoms with Crippen molar-refractivity contribution in [2.45, 2.75) is 31.6 Å². The predicted molar refractivity (Wildman–Crippen MR) is 76.0 cm³/mol. The molecule has 0 aliphatic carbocycles. The van der Waals surface area contributed by atoms with Gasteiger partial charge in [-0.3, -0.25) is 0 Å². The summed E-state index contributed by atoms with van der Waals surface area (Å²) in [5.41, 5.74) is 1.25. The topological polar surface area (TPSA) is 53.5 Å². The SMILES string of the molecule is CC1(NCC(O)COCc2ccccc2)CCNC1. The van der Waals surface area contributed by atoms with Gasteiger partial charge in [-0.1, -0.05) is 30.3 Å². The summed E-state index contributed by atoms with van der Waals surface area (Å²) >= 11 is 0. The molecule has 1 fully saturated rings. The van der Waals surface area contributed by atoms with E-state index in [0.29, 0.717) is 19.8 Å². The molecular weight excluding hydrogens is 240 g/mol. The Bertz CT molecular complexity index is 364. The lowest BCUT2D eigenvalue weighted by Crippen LogP contribution is -2.48. The Morgan fingerprint density at radius 2 is 2.21 bits per heavy atom. The molecule has 0 aromatic heterocycles. The van der Waals surface area contributed by atoms with Gasteiger partial charge < -0.3 is 20.5 Å². The summed E-state index contributed by atoms with van der Waals surface area (Å²) in [6.07, 6.45) is 0.644. The van der Waals surface area contributed by atoms with E-state index in [-0.39, 0.29) is 5.54 Å². The van der Waals surface area contributed by atoms with Gasteiger partial charge in [0.1, 0.15) is 0 Å². The van der Waals surface area contributed by atoms with Crippen LogP contribution in [0.15, 0.2) is 30.3 Å². The zero-order valence-electron chi connectivity index (χ0n) is 11.6. The van der Waals surface area contributed by atoms with Crippen molar-refractivity contribution in [1.29, 1.82) is 0 Å². The quantitative estimate of drug-likeness (QED) is 0.685. The lowest BCUT2D eigenvalue weighted by Gasteiger charge is -2.26. The highest BCUT2D eigenvalue weighted by atomic mass is 16.5. The number of aliphatic hydroxyl groups excluding tert-OH is 1. The van der Waals surface area contributed by atoms with Crippen LogP contribution >= 0.6 is 0 Å². The van der Waals surface area contributed by atoms with Crippen LogP contribution in [0.2, 0.25) is 0 Å². The number of hydrogen-bond acceptors (Lipinski definition) is 4. The zero-order valence-corrected chi connectivity index (χ0v) is 11.6. The maximum absolute atomic E-state index is 9.89. The Morgan fingerprint density at radius 3 is 2.89 bits per heavy atom. The summed E-state index contributed by atoms with van der Waals surface area (Å²) in [6.45, 7) is 5.69. The van der Waals surface area contributed by atoms with Crippen LogP contribution in [-0.4, -0.2) is 43.0 Å². The van der Waals surface area contributed by atoms with Crippen molar-refractivity contribution in [3.63, 3.8) is 0 Å². The largest absolute Gasteiger partial charge is 0.389 e. The summed E-state index contributed by atoms with van der Waals surface area (Å²) in [5.74, 6) is 0. The molecule has 0 saturated carbocycles. The molecule has 4 heteroatoms. The summed E-state index contributed by atoms with van der Waals surface area (Å²) in [4.78, 5) is 0. The van der Waals surface area contributed by atoms with Crippen molar-refractivity contribution < 1.29 is 9.84 Å². The van der Waals surface area contributed by atoms with E-state index in [4.69, 9.17) is 4.74 Å². The van der Waals surface area contributed by atoms with Gasteiger partial charge in [-0.2, -0.15) is 0 Å². The first kappa shape index (κ1) is 14.5. The summed E-state index contributed by atoms with van der Waals surface area (Å²) in [5, 5.41) is 16.6. The molecule has 1 aromatic carbocycles. The highest BCUT2D eigenvalue weighted by Crippen LogP contribution is 2.12. The molecular formula is C15H24N2O2. The fourth-order valence-corrected chi connectivity index (χ4v) is 2.28. The van der Waals surface area contributed by atoms with E-state index < -0.39 is 6.10 Å². The molecule has 1 aromatic rings. The molecule has 1 heterocycles. The number of aliphatic hydroxyl groups is 1. The van der Waals surface area contributed by atoms with E-state index in [1.54, 1.807) is 0 Å². The molecule has 2 atom stereocenters. The molecule has 2 unspecified atom stereocenters. The van der Waals surface area contributed by atoms with Crippen LogP contribution in [0.4, 0.5) is 0 Å². The van der Waals surface area contributed by atoms with E-state index in [0.717, 1.165) is 25.1 Å². The molecule has 0 bridgehead atoms. The summed E-state index contributed by atoms with van der Waals surface area (Å²) in [6, 6.07) is 10.0.